The van der Waals surface area contributed by atoms with Crippen molar-refractivity contribution in [2.45, 2.75) is 32.5 Å². The van der Waals surface area contributed by atoms with Gasteiger partial charge >= 0.3 is 6.18 Å². The molecule has 36 heavy (non-hydrogen) atoms. The highest BCUT2D eigenvalue weighted by Gasteiger charge is 2.45. The number of anilines is 2. The minimum absolute atomic E-state index is 0.0553. The smallest absolute Gasteiger partial charge is 0.321 e. The number of hydrogen-bond acceptors (Lipinski definition) is 6. The predicted molar refractivity (Wildman–Crippen MR) is 126 cm³/mol. The molecule has 3 atom stereocenters. The Kier molecular flexibility index (Phi) is 5.92. The Hall–Kier alpha value is -3.90. The quantitative estimate of drug-likeness (QED) is 0.440. The van der Waals surface area contributed by atoms with Crippen molar-refractivity contribution in [1.29, 1.82) is 0 Å². The van der Waals surface area contributed by atoms with Crippen LogP contribution in [0.5, 0.6) is 0 Å². The lowest BCUT2D eigenvalue weighted by Gasteiger charge is -2.37. The second-order valence-corrected chi connectivity index (χ2v) is 8.85. The third-order valence-corrected chi connectivity index (χ3v) is 6.18. The van der Waals surface area contributed by atoms with Gasteiger partial charge in [-0.2, -0.15) is 18.3 Å². The van der Waals surface area contributed by atoms with Crippen LogP contribution >= 0.6 is 0 Å². The standard InChI is InChI=1S/C24H24F3N7O2/c1-13-4-3-5-17(10-13)33-20-18(12-28-33)22(36)31-23(30-20)34-19(11-14(2)32-34)29-21(35)15-6-8-16(9-7-15)24(25,26)27/h3-11,18,20,23,28,30H,12H2,1-2H3,(H,29,35)(H,31,36). The zero-order valence-electron chi connectivity index (χ0n) is 19.4. The maximum atomic E-state index is 12.9. The number of alkyl halides is 3. The van der Waals surface area contributed by atoms with Crippen LogP contribution in [0.1, 0.15) is 33.5 Å². The van der Waals surface area contributed by atoms with Crippen LogP contribution in [0.15, 0.2) is 54.6 Å². The van der Waals surface area contributed by atoms with Crippen molar-refractivity contribution in [3.8, 4) is 0 Å². The Labute approximate surface area is 204 Å². The van der Waals surface area contributed by atoms with Gasteiger partial charge in [0.2, 0.25) is 5.91 Å². The van der Waals surface area contributed by atoms with Crippen LogP contribution in [-0.2, 0) is 11.0 Å². The monoisotopic (exact) mass is 499 g/mol. The van der Waals surface area contributed by atoms with Gasteiger partial charge in [-0.15, -0.1) is 0 Å². The average molecular weight is 499 g/mol. The van der Waals surface area contributed by atoms with Gasteiger partial charge in [-0.05, 0) is 55.8 Å². The highest BCUT2D eigenvalue weighted by Crippen LogP contribution is 2.30. The molecule has 0 spiro atoms. The molecule has 188 valence electrons. The largest absolute Gasteiger partial charge is 0.416 e. The van der Waals surface area contributed by atoms with Crippen molar-refractivity contribution in [3.63, 3.8) is 0 Å². The Morgan fingerprint density at radius 3 is 2.56 bits per heavy atom. The first kappa shape index (κ1) is 23.8. The topological polar surface area (TPSA) is 103 Å². The van der Waals surface area contributed by atoms with E-state index in [0.29, 0.717) is 12.2 Å². The summed E-state index contributed by atoms with van der Waals surface area (Å²) in [7, 11) is 0. The number of benzene rings is 2. The molecular weight excluding hydrogens is 475 g/mol. The number of aromatic nitrogens is 2. The molecule has 3 aromatic rings. The molecule has 0 aliphatic carbocycles. The number of rotatable bonds is 4. The third-order valence-electron chi connectivity index (χ3n) is 6.18. The molecule has 2 fully saturated rings. The maximum absolute atomic E-state index is 12.9. The molecule has 3 heterocycles. The van der Waals surface area contributed by atoms with E-state index >= 15 is 0 Å². The summed E-state index contributed by atoms with van der Waals surface area (Å²) in [5.41, 5.74) is 5.03. The minimum atomic E-state index is -4.49. The van der Waals surface area contributed by atoms with Gasteiger partial charge in [0, 0.05) is 18.2 Å². The number of fused-ring (bicyclic) bond motifs is 1. The van der Waals surface area contributed by atoms with Crippen molar-refractivity contribution in [2.24, 2.45) is 5.92 Å². The first-order chi connectivity index (χ1) is 17.1. The maximum Gasteiger partial charge on any atom is 0.416 e. The molecule has 12 heteroatoms. The molecule has 0 saturated carbocycles. The molecule has 0 bridgehead atoms. The lowest BCUT2D eigenvalue weighted by atomic mass is 10.0. The minimum Gasteiger partial charge on any atom is -0.321 e. The molecule has 0 radical (unpaired) electrons. The van der Waals surface area contributed by atoms with E-state index in [1.165, 1.54) is 4.68 Å². The average Bonchev–Trinajstić information content (AvgIpc) is 3.42. The molecule has 4 N–H and O–H groups in total. The van der Waals surface area contributed by atoms with Crippen LogP contribution in [0.4, 0.5) is 24.7 Å². The van der Waals surface area contributed by atoms with Crippen LogP contribution < -0.4 is 26.4 Å². The fraction of sp³-hybridized carbons (Fsp3) is 0.292. The number of halogens is 3. The lowest BCUT2D eigenvalue weighted by Crippen LogP contribution is -2.61. The van der Waals surface area contributed by atoms with E-state index in [2.05, 4.69) is 26.5 Å². The fourth-order valence-electron chi connectivity index (χ4n) is 4.43. The molecule has 2 aromatic carbocycles. The number of carbonyl (C=O) groups excluding carboxylic acids is 2. The Morgan fingerprint density at radius 2 is 1.86 bits per heavy atom. The second kappa shape index (κ2) is 8.95. The summed E-state index contributed by atoms with van der Waals surface area (Å²) in [5.74, 6) is -0.862. The predicted octanol–water partition coefficient (Wildman–Crippen LogP) is 2.91. The SMILES string of the molecule is Cc1cccc(N2NCC3C(=O)NC(n4nc(C)cc4NC(=O)c4ccc(C(F)(F)F)cc4)NC32)c1. The van der Waals surface area contributed by atoms with E-state index in [0.717, 1.165) is 35.5 Å². The van der Waals surface area contributed by atoms with Gasteiger partial charge in [-0.25, -0.2) is 10.1 Å². The van der Waals surface area contributed by atoms with Gasteiger partial charge in [-0.3, -0.25) is 19.9 Å². The first-order valence-corrected chi connectivity index (χ1v) is 11.3. The van der Waals surface area contributed by atoms with Crippen molar-refractivity contribution in [3.05, 3.63) is 77.0 Å². The van der Waals surface area contributed by atoms with Crippen LogP contribution in [0, 0.1) is 19.8 Å². The van der Waals surface area contributed by atoms with E-state index in [9.17, 15) is 22.8 Å². The second-order valence-electron chi connectivity index (χ2n) is 8.85. The van der Waals surface area contributed by atoms with Crippen LogP contribution in [0.2, 0.25) is 0 Å². The van der Waals surface area contributed by atoms with Gasteiger partial charge in [-0.1, -0.05) is 12.1 Å². The van der Waals surface area contributed by atoms with E-state index in [1.807, 2.05) is 36.2 Å². The molecule has 9 nitrogen and oxygen atoms in total. The molecule has 1 aromatic heterocycles. The summed E-state index contributed by atoms with van der Waals surface area (Å²) in [6.07, 6.45) is -5.65. The highest BCUT2D eigenvalue weighted by atomic mass is 19.4. The summed E-state index contributed by atoms with van der Waals surface area (Å²) in [4.78, 5) is 25.7. The van der Waals surface area contributed by atoms with Crippen molar-refractivity contribution < 1.29 is 22.8 Å². The third kappa shape index (κ3) is 4.52. The van der Waals surface area contributed by atoms with Gasteiger partial charge in [0.1, 0.15) is 12.0 Å². The van der Waals surface area contributed by atoms with E-state index in [4.69, 9.17) is 0 Å². The normalized spacial score (nSPS) is 21.8. The Morgan fingerprint density at radius 1 is 1.11 bits per heavy atom. The lowest BCUT2D eigenvalue weighted by molar-refractivity contribution is -0.137. The number of hydrogen-bond donors (Lipinski definition) is 4. The Balaban J connectivity index is 1.37. The molecule has 3 unspecified atom stereocenters. The summed E-state index contributed by atoms with van der Waals surface area (Å²) in [6, 6.07) is 13.4. The van der Waals surface area contributed by atoms with Crippen molar-refractivity contribution >= 4 is 23.3 Å². The van der Waals surface area contributed by atoms with Gasteiger partial charge in [0.15, 0.2) is 6.29 Å². The Bertz CT molecular complexity index is 1310. The van der Waals surface area contributed by atoms with Gasteiger partial charge < -0.3 is 10.6 Å². The molecule has 5 rings (SSSR count). The summed E-state index contributed by atoms with van der Waals surface area (Å²) in [5, 5.41) is 15.3. The van der Waals surface area contributed by atoms with Crippen LogP contribution in [0.25, 0.3) is 0 Å². The summed E-state index contributed by atoms with van der Waals surface area (Å²) >= 11 is 0. The van der Waals surface area contributed by atoms with E-state index in [-0.39, 0.29) is 29.4 Å². The zero-order chi connectivity index (χ0) is 25.6. The molecule has 2 amide bonds. The first-order valence-electron chi connectivity index (χ1n) is 11.3. The number of aryl methyl sites for hydroxylation is 2. The van der Waals surface area contributed by atoms with E-state index in [1.54, 1.807) is 13.0 Å². The van der Waals surface area contributed by atoms with Crippen LogP contribution in [0.3, 0.4) is 0 Å². The van der Waals surface area contributed by atoms with E-state index < -0.39 is 23.9 Å². The molecule has 2 aliphatic heterocycles. The van der Waals surface area contributed by atoms with Gasteiger partial charge in [0.25, 0.3) is 5.91 Å². The zero-order valence-corrected chi connectivity index (χ0v) is 19.4. The van der Waals surface area contributed by atoms with Crippen LogP contribution in [-0.4, -0.2) is 34.3 Å². The summed E-state index contributed by atoms with van der Waals surface area (Å²) < 4.78 is 40.0. The van der Waals surface area contributed by atoms with Gasteiger partial charge in [0.05, 0.1) is 22.9 Å². The number of carbonyl (C=O) groups is 2. The van der Waals surface area contributed by atoms with Crippen molar-refractivity contribution in [2.75, 3.05) is 16.9 Å². The number of nitrogens with zero attached hydrogens (tertiary/aromatic N) is 3. The fourth-order valence-corrected chi connectivity index (χ4v) is 4.43. The molecular formula is C24H24F3N7O2. The number of hydrazine groups is 1. The van der Waals surface area contributed by atoms with Crippen molar-refractivity contribution in [1.82, 2.24) is 25.8 Å². The molecule has 2 saturated heterocycles. The molecule has 2 aliphatic rings. The number of amides is 2. The highest BCUT2D eigenvalue weighted by molar-refractivity contribution is 6.03. The summed E-state index contributed by atoms with van der Waals surface area (Å²) in [6.45, 7) is 4.16. The number of nitrogens with one attached hydrogen (secondary N) is 4.